The number of amidine groups is 1. The summed E-state index contributed by atoms with van der Waals surface area (Å²) in [5.41, 5.74) is 2.30. The van der Waals surface area contributed by atoms with Gasteiger partial charge in [-0.3, -0.25) is 4.90 Å². The number of para-hydroxylation sites is 1. The molecule has 1 aromatic carbocycles. The Morgan fingerprint density at radius 2 is 1.96 bits per heavy atom. The van der Waals surface area contributed by atoms with Crippen molar-refractivity contribution in [3.8, 4) is 0 Å². The minimum absolute atomic E-state index is 0.828. The summed E-state index contributed by atoms with van der Waals surface area (Å²) in [5, 5.41) is 0. The monoisotopic (exact) mass is 307 g/mol. The van der Waals surface area contributed by atoms with Crippen LogP contribution >= 0.6 is 0 Å². The fourth-order valence-electron chi connectivity index (χ4n) is 3.28. The van der Waals surface area contributed by atoms with Gasteiger partial charge in [0.15, 0.2) is 11.7 Å². The molecule has 0 unspecified atom stereocenters. The van der Waals surface area contributed by atoms with E-state index in [0.717, 1.165) is 56.6 Å². The van der Waals surface area contributed by atoms with Gasteiger partial charge in [-0.25, -0.2) is 9.98 Å². The van der Waals surface area contributed by atoms with Gasteiger partial charge in [0.05, 0.1) is 12.2 Å². The smallest absolute Gasteiger partial charge is 0.176 e. The molecule has 5 heteroatoms. The SMILES string of the molecule is C=CCN1CCN(C2=Nc3ccccc3Cn3ccnc32)CC1. The molecule has 1 aromatic heterocycles. The maximum atomic E-state index is 4.97. The molecule has 0 spiro atoms. The fourth-order valence-corrected chi connectivity index (χ4v) is 3.28. The number of hydrogen-bond acceptors (Lipinski definition) is 4. The molecule has 0 N–H and O–H groups in total. The highest BCUT2D eigenvalue weighted by molar-refractivity contribution is 5.98. The first kappa shape index (κ1) is 14.2. The molecule has 2 aliphatic rings. The highest BCUT2D eigenvalue weighted by atomic mass is 15.3. The van der Waals surface area contributed by atoms with Crippen LogP contribution in [-0.2, 0) is 6.54 Å². The van der Waals surface area contributed by atoms with Crippen LogP contribution in [-0.4, -0.2) is 57.9 Å². The lowest BCUT2D eigenvalue weighted by molar-refractivity contribution is 0.197. The zero-order valence-electron chi connectivity index (χ0n) is 13.2. The summed E-state index contributed by atoms with van der Waals surface area (Å²) < 4.78 is 2.20. The van der Waals surface area contributed by atoms with Crippen molar-refractivity contribution in [1.29, 1.82) is 0 Å². The van der Waals surface area contributed by atoms with E-state index in [-0.39, 0.29) is 0 Å². The molecule has 118 valence electrons. The Bertz CT molecular complexity index is 737. The molecule has 2 aromatic rings. The molecule has 0 atom stereocenters. The molecule has 0 radical (unpaired) electrons. The largest absolute Gasteiger partial charge is 0.351 e. The Kier molecular flexibility index (Phi) is 3.71. The van der Waals surface area contributed by atoms with E-state index in [2.05, 4.69) is 50.2 Å². The molecule has 4 rings (SSSR count). The number of aliphatic imine (C=N–C) groups is 1. The van der Waals surface area contributed by atoms with Gasteiger partial charge in [0, 0.05) is 45.1 Å². The molecule has 3 heterocycles. The van der Waals surface area contributed by atoms with Crippen LogP contribution in [0.4, 0.5) is 5.69 Å². The topological polar surface area (TPSA) is 36.7 Å². The molecular formula is C18H21N5. The van der Waals surface area contributed by atoms with Crippen molar-refractivity contribution in [3.05, 3.63) is 60.7 Å². The van der Waals surface area contributed by atoms with Crippen LogP contribution in [0.2, 0.25) is 0 Å². The van der Waals surface area contributed by atoms with Crippen LogP contribution in [0.25, 0.3) is 0 Å². The van der Waals surface area contributed by atoms with E-state index < -0.39 is 0 Å². The Balaban J connectivity index is 1.67. The van der Waals surface area contributed by atoms with Crippen molar-refractivity contribution in [2.75, 3.05) is 32.7 Å². The van der Waals surface area contributed by atoms with E-state index in [1.807, 2.05) is 18.5 Å². The first-order chi connectivity index (χ1) is 11.3. The van der Waals surface area contributed by atoms with E-state index in [1.165, 1.54) is 5.56 Å². The first-order valence-electron chi connectivity index (χ1n) is 8.11. The molecular weight excluding hydrogens is 286 g/mol. The summed E-state index contributed by atoms with van der Waals surface area (Å²) in [7, 11) is 0. The number of benzene rings is 1. The number of nitrogens with zero attached hydrogens (tertiary/aromatic N) is 5. The quantitative estimate of drug-likeness (QED) is 0.798. The molecule has 0 bridgehead atoms. The van der Waals surface area contributed by atoms with Gasteiger partial charge in [-0.1, -0.05) is 24.3 Å². The molecule has 1 fully saturated rings. The van der Waals surface area contributed by atoms with Crippen LogP contribution in [0.15, 0.2) is 54.3 Å². The van der Waals surface area contributed by atoms with Crippen molar-refractivity contribution in [2.24, 2.45) is 4.99 Å². The van der Waals surface area contributed by atoms with Gasteiger partial charge in [0.1, 0.15) is 0 Å². The summed E-state index contributed by atoms with van der Waals surface area (Å²) >= 11 is 0. The lowest BCUT2D eigenvalue weighted by atomic mass is 10.2. The van der Waals surface area contributed by atoms with Gasteiger partial charge in [0.25, 0.3) is 0 Å². The minimum Gasteiger partial charge on any atom is -0.351 e. The highest BCUT2D eigenvalue weighted by Gasteiger charge is 2.25. The average Bonchev–Trinajstić information content (AvgIpc) is 2.97. The van der Waals surface area contributed by atoms with E-state index in [4.69, 9.17) is 4.99 Å². The number of fused-ring (bicyclic) bond motifs is 2. The maximum absolute atomic E-state index is 4.97. The molecule has 5 nitrogen and oxygen atoms in total. The summed E-state index contributed by atoms with van der Waals surface area (Å²) in [6, 6.07) is 8.36. The van der Waals surface area contributed by atoms with Crippen LogP contribution < -0.4 is 0 Å². The van der Waals surface area contributed by atoms with Crippen LogP contribution in [0.5, 0.6) is 0 Å². The minimum atomic E-state index is 0.828. The van der Waals surface area contributed by atoms with Crippen molar-refractivity contribution in [1.82, 2.24) is 19.4 Å². The molecule has 0 saturated carbocycles. The number of rotatable bonds is 2. The lowest BCUT2D eigenvalue weighted by Gasteiger charge is -2.35. The number of imidazole rings is 1. The zero-order valence-corrected chi connectivity index (χ0v) is 13.2. The van der Waals surface area contributed by atoms with Gasteiger partial charge in [-0.2, -0.15) is 0 Å². The van der Waals surface area contributed by atoms with E-state index in [9.17, 15) is 0 Å². The number of aromatic nitrogens is 2. The molecule has 1 saturated heterocycles. The second kappa shape index (κ2) is 6.01. The lowest BCUT2D eigenvalue weighted by Crippen LogP contribution is -2.49. The Morgan fingerprint density at radius 3 is 2.78 bits per heavy atom. The van der Waals surface area contributed by atoms with E-state index in [1.54, 1.807) is 0 Å². The van der Waals surface area contributed by atoms with Crippen molar-refractivity contribution in [2.45, 2.75) is 6.54 Å². The fraction of sp³-hybridized carbons (Fsp3) is 0.333. The number of hydrogen-bond donors (Lipinski definition) is 0. The van der Waals surface area contributed by atoms with Gasteiger partial charge >= 0.3 is 0 Å². The van der Waals surface area contributed by atoms with Gasteiger partial charge in [-0.05, 0) is 11.6 Å². The predicted molar refractivity (Wildman–Crippen MR) is 92.2 cm³/mol. The van der Waals surface area contributed by atoms with E-state index >= 15 is 0 Å². The Labute approximate surface area is 136 Å². The summed E-state index contributed by atoms with van der Waals surface area (Å²) in [6.45, 7) is 9.63. The average molecular weight is 307 g/mol. The molecule has 2 aliphatic heterocycles. The van der Waals surface area contributed by atoms with Gasteiger partial charge in [-0.15, -0.1) is 6.58 Å². The number of piperazine rings is 1. The molecule has 23 heavy (non-hydrogen) atoms. The highest BCUT2D eigenvalue weighted by Crippen LogP contribution is 2.25. The molecule has 0 amide bonds. The first-order valence-corrected chi connectivity index (χ1v) is 8.11. The van der Waals surface area contributed by atoms with Gasteiger partial charge < -0.3 is 9.47 Å². The standard InChI is InChI=1S/C18H21N5/c1-2-8-21-10-12-22(13-11-21)18-17-19-7-9-23(17)14-15-5-3-4-6-16(15)20-18/h2-7,9H,1,8,10-14H2. The van der Waals surface area contributed by atoms with Crippen molar-refractivity contribution in [3.63, 3.8) is 0 Å². The second-order valence-electron chi connectivity index (χ2n) is 6.02. The van der Waals surface area contributed by atoms with E-state index in [0.29, 0.717) is 0 Å². The third-order valence-corrected chi connectivity index (χ3v) is 4.53. The zero-order chi connectivity index (χ0) is 15.6. The van der Waals surface area contributed by atoms with Crippen molar-refractivity contribution >= 4 is 11.5 Å². The molecule has 0 aliphatic carbocycles. The second-order valence-corrected chi connectivity index (χ2v) is 6.02. The van der Waals surface area contributed by atoms with Crippen LogP contribution in [0, 0.1) is 0 Å². The van der Waals surface area contributed by atoms with Crippen LogP contribution in [0.1, 0.15) is 11.4 Å². The summed E-state index contributed by atoms with van der Waals surface area (Å²) in [6.07, 6.45) is 5.88. The Hall–Kier alpha value is -2.40. The normalized spacial score (nSPS) is 17.9. The third-order valence-electron chi connectivity index (χ3n) is 4.53. The predicted octanol–water partition coefficient (Wildman–Crippen LogP) is 2.13. The third kappa shape index (κ3) is 2.68. The summed E-state index contributed by atoms with van der Waals surface area (Å²) in [5.74, 6) is 1.97. The van der Waals surface area contributed by atoms with Crippen molar-refractivity contribution < 1.29 is 0 Å². The Morgan fingerprint density at radius 1 is 1.13 bits per heavy atom. The van der Waals surface area contributed by atoms with Gasteiger partial charge in [0.2, 0.25) is 0 Å². The van der Waals surface area contributed by atoms with Crippen LogP contribution in [0.3, 0.4) is 0 Å². The summed E-state index contributed by atoms with van der Waals surface area (Å²) in [4.78, 5) is 14.3. The maximum Gasteiger partial charge on any atom is 0.176 e.